The quantitative estimate of drug-likeness (QED) is 0.684. The first-order valence-corrected chi connectivity index (χ1v) is 6.07. The Morgan fingerprint density at radius 2 is 2.19 bits per heavy atom. The third-order valence-corrected chi connectivity index (χ3v) is 3.59. The van der Waals surface area contributed by atoms with Crippen molar-refractivity contribution in [3.05, 3.63) is 0 Å². The molecule has 0 aromatic heterocycles. The highest BCUT2D eigenvalue weighted by atomic mass is 16.6. The number of hydrogen-bond acceptors (Lipinski definition) is 3. The first-order chi connectivity index (χ1) is 7.30. The standard InChI is InChI=1S/C12H22N2O2/c1-11(2,3)16-10(15)14-7-9-5-4-6-12(9,13)8-14/h9H,4-8,13H2,1-3H3/t9-,12+/m0/s1. The lowest BCUT2D eigenvalue weighted by molar-refractivity contribution is 0.0277. The van der Waals surface area contributed by atoms with E-state index in [2.05, 4.69) is 0 Å². The number of rotatable bonds is 0. The van der Waals surface area contributed by atoms with Gasteiger partial charge in [-0.3, -0.25) is 0 Å². The zero-order chi connectivity index (χ0) is 12.0. The van der Waals surface area contributed by atoms with E-state index in [0.29, 0.717) is 12.5 Å². The van der Waals surface area contributed by atoms with Crippen LogP contribution in [0.15, 0.2) is 0 Å². The lowest BCUT2D eigenvalue weighted by Gasteiger charge is -2.26. The van der Waals surface area contributed by atoms with Crippen LogP contribution in [0, 0.1) is 5.92 Å². The van der Waals surface area contributed by atoms with Crippen LogP contribution in [0.4, 0.5) is 4.79 Å². The summed E-state index contributed by atoms with van der Waals surface area (Å²) in [5.74, 6) is 0.472. The molecule has 1 saturated carbocycles. The molecule has 1 saturated heterocycles. The van der Waals surface area contributed by atoms with Gasteiger partial charge in [0.25, 0.3) is 0 Å². The molecule has 2 N–H and O–H groups in total. The monoisotopic (exact) mass is 226 g/mol. The van der Waals surface area contributed by atoms with E-state index in [9.17, 15) is 4.79 Å². The normalized spacial score (nSPS) is 34.0. The average molecular weight is 226 g/mol. The third kappa shape index (κ3) is 2.17. The summed E-state index contributed by atoms with van der Waals surface area (Å²) in [5, 5.41) is 0. The summed E-state index contributed by atoms with van der Waals surface area (Å²) in [6, 6.07) is 0. The smallest absolute Gasteiger partial charge is 0.410 e. The van der Waals surface area contributed by atoms with E-state index in [-0.39, 0.29) is 11.6 Å². The van der Waals surface area contributed by atoms with Crippen LogP contribution in [0.25, 0.3) is 0 Å². The number of likely N-dealkylation sites (tertiary alicyclic amines) is 1. The number of nitrogens with two attached hydrogens (primary N) is 1. The van der Waals surface area contributed by atoms with Crippen LogP contribution in [-0.4, -0.2) is 35.2 Å². The fourth-order valence-corrected chi connectivity index (χ4v) is 2.80. The van der Waals surface area contributed by atoms with E-state index >= 15 is 0 Å². The molecule has 0 aromatic carbocycles. The van der Waals surface area contributed by atoms with Gasteiger partial charge in [-0.1, -0.05) is 6.42 Å². The lowest BCUT2D eigenvalue weighted by Crippen LogP contribution is -2.45. The van der Waals surface area contributed by atoms with Crippen molar-refractivity contribution in [1.29, 1.82) is 0 Å². The van der Waals surface area contributed by atoms with Gasteiger partial charge < -0.3 is 15.4 Å². The first kappa shape index (κ1) is 11.7. The third-order valence-electron chi connectivity index (χ3n) is 3.59. The molecule has 0 spiro atoms. The Kier molecular flexibility index (Phi) is 2.65. The molecule has 2 atom stereocenters. The van der Waals surface area contributed by atoms with E-state index in [0.717, 1.165) is 19.4 Å². The summed E-state index contributed by atoms with van der Waals surface area (Å²) in [4.78, 5) is 13.7. The fraction of sp³-hybridized carbons (Fsp3) is 0.917. The maximum Gasteiger partial charge on any atom is 0.410 e. The van der Waals surface area contributed by atoms with Gasteiger partial charge in [0.05, 0.1) is 0 Å². The van der Waals surface area contributed by atoms with Gasteiger partial charge in [0, 0.05) is 18.6 Å². The number of amides is 1. The molecule has 2 aliphatic rings. The van der Waals surface area contributed by atoms with Crippen LogP contribution in [-0.2, 0) is 4.74 Å². The number of fused-ring (bicyclic) bond motifs is 1. The van der Waals surface area contributed by atoms with Crippen LogP contribution in [0.1, 0.15) is 40.0 Å². The van der Waals surface area contributed by atoms with Gasteiger partial charge in [-0.15, -0.1) is 0 Å². The molecule has 2 fully saturated rings. The van der Waals surface area contributed by atoms with Crippen molar-refractivity contribution in [2.45, 2.75) is 51.2 Å². The van der Waals surface area contributed by atoms with Crippen molar-refractivity contribution in [3.8, 4) is 0 Å². The molecule has 4 heteroatoms. The van der Waals surface area contributed by atoms with E-state index in [1.54, 1.807) is 4.90 Å². The molecule has 1 amide bonds. The van der Waals surface area contributed by atoms with Crippen LogP contribution in [0.3, 0.4) is 0 Å². The zero-order valence-corrected chi connectivity index (χ0v) is 10.5. The van der Waals surface area contributed by atoms with Gasteiger partial charge in [0.15, 0.2) is 0 Å². The number of hydrogen-bond donors (Lipinski definition) is 1. The average Bonchev–Trinajstić information content (AvgIpc) is 2.55. The van der Waals surface area contributed by atoms with Gasteiger partial charge in [-0.25, -0.2) is 4.79 Å². The van der Waals surface area contributed by atoms with Crippen molar-refractivity contribution in [1.82, 2.24) is 4.90 Å². The largest absolute Gasteiger partial charge is 0.444 e. The molecule has 2 rings (SSSR count). The fourth-order valence-electron chi connectivity index (χ4n) is 2.80. The molecule has 1 aliphatic heterocycles. The van der Waals surface area contributed by atoms with Crippen LogP contribution in [0.2, 0.25) is 0 Å². The van der Waals surface area contributed by atoms with Gasteiger partial charge in [-0.05, 0) is 39.5 Å². The maximum atomic E-state index is 11.9. The number of nitrogens with zero attached hydrogens (tertiary/aromatic N) is 1. The van der Waals surface area contributed by atoms with E-state index in [1.807, 2.05) is 20.8 Å². The van der Waals surface area contributed by atoms with Crippen molar-refractivity contribution in [3.63, 3.8) is 0 Å². The minimum absolute atomic E-state index is 0.142. The molecule has 0 radical (unpaired) electrons. The summed E-state index contributed by atoms with van der Waals surface area (Å²) in [5.41, 5.74) is 5.74. The van der Waals surface area contributed by atoms with Crippen molar-refractivity contribution >= 4 is 6.09 Å². The van der Waals surface area contributed by atoms with Gasteiger partial charge >= 0.3 is 6.09 Å². The Morgan fingerprint density at radius 1 is 1.50 bits per heavy atom. The lowest BCUT2D eigenvalue weighted by atomic mass is 9.92. The number of ether oxygens (including phenoxy) is 1. The Labute approximate surface area is 97.1 Å². The van der Waals surface area contributed by atoms with Gasteiger partial charge in [-0.2, -0.15) is 0 Å². The van der Waals surface area contributed by atoms with Crippen molar-refractivity contribution in [2.24, 2.45) is 11.7 Å². The van der Waals surface area contributed by atoms with Crippen LogP contribution >= 0.6 is 0 Å². The second-order valence-corrected chi connectivity index (χ2v) is 6.18. The number of carbonyl (C=O) groups is 1. The maximum absolute atomic E-state index is 11.9. The SMILES string of the molecule is CC(C)(C)OC(=O)N1C[C@@H]2CCC[C@@]2(N)C1. The zero-order valence-electron chi connectivity index (χ0n) is 10.5. The predicted octanol–water partition coefficient (Wildman–Crippen LogP) is 1.73. The summed E-state index contributed by atoms with van der Waals surface area (Å²) in [6.45, 7) is 7.10. The molecule has 1 aliphatic carbocycles. The topological polar surface area (TPSA) is 55.6 Å². The molecule has 0 bridgehead atoms. The minimum Gasteiger partial charge on any atom is -0.444 e. The number of carbonyl (C=O) groups excluding carboxylic acids is 1. The summed E-state index contributed by atoms with van der Waals surface area (Å²) < 4.78 is 5.36. The minimum atomic E-state index is -0.420. The van der Waals surface area contributed by atoms with Crippen molar-refractivity contribution in [2.75, 3.05) is 13.1 Å². The van der Waals surface area contributed by atoms with E-state index in [1.165, 1.54) is 6.42 Å². The van der Waals surface area contributed by atoms with Gasteiger partial charge in [0.1, 0.15) is 5.60 Å². The second kappa shape index (κ2) is 3.62. The molecular weight excluding hydrogens is 204 g/mol. The predicted molar refractivity (Wildman–Crippen MR) is 62.1 cm³/mol. The molecule has 1 heterocycles. The molecular formula is C12H22N2O2. The second-order valence-electron chi connectivity index (χ2n) is 6.18. The molecule has 4 nitrogen and oxygen atoms in total. The molecule has 0 aromatic rings. The Bertz CT molecular complexity index is 298. The first-order valence-electron chi connectivity index (χ1n) is 6.07. The summed E-state index contributed by atoms with van der Waals surface area (Å²) in [7, 11) is 0. The summed E-state index contributed by atoms with van der Waals surface area (Å²) >= 11 is 0. The highest BCUT2D eigenvalue weighted by Gasteiger charge is 2.48. The Hall–Kier alpha value is -0.770. The molecule has 92 valence electrons. The van der Waals surface area contributed by atoms with Crippen LogP contribution < -0.4 is 5.73 Å². The van der Waals surface area contributed by atoms with Crippen molar-refractivity contribution < 1.29 is 9.53 Å². The van der Waals surface area contributed by atoms with Crippen LogP contribution in [0.5, 0.6) is 0 Å². The highest BCUT2D eigenvalue weighted by molar-refractivity contribution is 5.69. The Balaban J connectivity index is 1.97. The van der Waals surface area contributed by atoms with E-state index in [4.69, 9.17) is 10.5 Å². The Morgan fingerprint density at radius 3 is 2.75 bits per heavy atom. The highest BCUT2D eigenvalue weighted by Crippen LogP contribution is 2.39. The van der Waals surface area contributed by atoms with E-state index < -0.39 is 5.60 Å². The summed E-state index contributed by atoms with van der Waals surface area (Å²) in [6.07, 6.45) is 3.17. The molecule has 16 heavy (non-hydrogen) atoms. The molecule has 0 unspecified atom stereocenters. The van der Waals surface area contributed by atoms with Gasteiger partial charge in [0.2, 0.25) is 0 Å².